The molecule has 2 aromatic carbocycles. The quantitative estimate of drug-likeness (QED) is 0.824. The van der Waals surface area contributed by atoms with Crippen molar-refractivity contribution in [2.75, 3.05) is 13.3 Å². The molecule has 2 rings (SSSR count). The van der Waals surface area contributed by atoms with E-state index in [2.05, 4.69) is 36.7 Å². The Kier molecular flexibility index (Phi) is 4.88. The second kappa shape index (κ2) is 6.64. The van der Waals surface area contributed by atoms with Crippen molar-refractivity contribution in [1.82, 2.24) is 5.32 Å². The molecule has 0 amide bonds. The fourth-order valence-electron chi connectivity index (χ4n) is 1.96. The molecule has 0 spiro atoms. The summed E-state index contributed by atoms with van der Waals surface area (Å²) in [5, 5.41) is 3.18. The minimum atomic E-state index is 0.804. The Hall–Kier alpha value is -1.45. The van der Waals surface area contributed by atoms with Crippen molar-refractivity contribution >= 4 is 11.8 Å². The highest BCUT2D eigenvalue weighted by molar-refractivity contribution is 7.98. The van der Waals surface area contributed by atoms with E-state index in [1.165, 1.54) is 11.1 Å². The van der Waals surface area contributed by atoms with Gasteiger partial charge < -0.3 is 10.1 Å². The molecular formula is C16H19NOS. The first-order chi connectivity index (χ1) is 9.24. The molecule has 0 saturated carbocycles. The Morgan fingerprint density at radius 3 is 2.63 bits per heavy atom. The summed E-state index contributed by atoms with van der Waals surface area (Å²) in [6, 6.07) is 14.4. The average molecular weight is 273 g/mol. The zero-order valence-corrected chi connectivity index (χ0v) is 12.4. The number of hydrogen-bond donors (Lipinski definition) is 1. The van der Waals surface area contributed by atoms with Gasteiger partial charge in [0.15, 0.2) is 0 Å². The van der Waals surface area contributed by atoms with Crippen LogP contribution in [0.3, 0.4) is 0 Å². The second-order valence-corrected chi connectivity index (χ2v) is 5.24. The van der Waals surface area contributed by atoms with Gasteiger partial charge in [-0.15, -0.1) is 11.8 Å². The Morgan fingerprint density at radius 2 is 1.89 bits per heavy atom. The van der Waals surface area contributed by atoms with Crippen LogP contribution >= 0.6 is 11.8 Å². The zero-order valence-electron chi connectivity index (χ0n) is 11.6. The molecule has 0 aliphatic carbocycles. The molecule has 19 heavy (non-hydrogen) atoms. The van der Waals surface area contributed by atoms with Crippen molar-refractivity contribution in [2.24, 2.45) is 0 Å². The highest BCUT2D eigenvalue weighted by Gasteiger charge is 2.07. The molecule has 3 heteroatoms. The normalized spacial score (nSPS) is 10.5. The van der Waals surface area contributed by atoms with Crippen LogP contribution in [0.1, 0.15) is 11.1 Å². The van der Waals surface area contributed by atoms with Gasteiger partial charge in [0, 0.05) is 17.0 Å². The Bertz CT molecular complexity index is 554. The highest BCUT2D eigenvalue weighted by Crippen LogP contribution is 2.33. The van der Waals surface area contributed by atoms with E-state index in [0.717, 1.165) is 22.9 Å². The predicted molar refractivity (Wildman–Crippen MR) is 82.2 cm³/mol. The SMILES string of the molecule is CNCc1cc(C)ccc1Oc1ccccc1SC. The monoisotopic (exact) mass is 273 g/mol. The van der Waals surface area contributed by atoms with Crippen LogP contribution in [0.2, 0.25) is 0 Å². The number of nitrogens with one attached hydrogen (secondary N) is 1. The lowest BCUT2D eigenvalue weighted by Crippen LogP contribution is -2.06. The third-order valence-electron chi connectivity index (χ3n) is 2.87. The number of hydrogen-bond acceptors (Lipinski definition) is 3. The molecule has 0 unspecified atom stereocenters. The maximum absolute atomic E-state index is 6.08. The molecule has 0 heterocycles. The zero-order chi connectivity index (χ0) is 13.7. The first kappa shape index (κ1) is 14.0. The van der Waals surface area contributed by atoms with Crippen molar-refractivity contribution in [1.29, 1.82) is 0 Å². The van der Waals surface area contributed by atoms with Gasteiger partial charge in [0.1, 0.15) is 11.5 Å². The second-order valence-electron chi connectivity index (χ2n) is 4.39. The highest BCUT2D eigenvalue weighted by atomic mass is 32.2. The molecule has 1 N–H and O–H groups in total. The summed E-state index contributed by atoms with van der Waals surface area (Å²) in [5.74, 6) is 1.83. The summed E-state index contributed by atoms with van der Waals surface area (Å²) in [6.45, 7) is 2.90. The van der Waals surface area contributed by atoms with Crippen LogP contribution in [0, 0.1) is 6.92 Å². The van der Waals surface area contributed by atoms with Gasteiger partial charge in [-0.3, -0.25) is 0 Å². The summed E-state index contributed by atoms with van der Waals surface area (Å²) in [5.41, 5.74) is 2.43. The number of para-hydroxylation sites is 1. The van der Waals surface area contributed by atoms with E-state index >= 15 is 0 Å². The lowest BCUT2D eigenvalue weighted by atomic mass is 10.1. The van der Waals surface area contributed by atoms with Crippen LogP contribution in [-0.2, 0) is 6.54 Å². The average Bonchev–Trinajstić information content (AvgIpc) is 2.43. The Balaban J connectivity index is 2.32. The van der Waals surface area contributed by atoms with Crippen LogP contribution in [0.25, 0.3) is 0 Å². The maximum Gasteiger partial charge on any atom is 0.140 e. The van der Waals surface area contributed by atoms with Gasteiger partial charge in [-0.25, -0.2) is 0 Å². The van der Waals surface area contributed by atoms with E-state index < -0.39 is 0 Å². The minimum Gasteiger partial charge on any atom is -0.456 e. The number of thioether (sulfide) groups is 1. The molecule has 0 atom stereocenters. The molecular weight excluding hydrogens is 254 g/mol. The first-order valence-corrected chi connectivity index (χ1v) is 7.52. The largest absolute Gasteiger partial charge is 0.456 e. The third kappa shape index (κ3) is 3.52. The summed E-state index contributed by atoms with van der Waals surface area (Å²) in [6.07, 6.45) is 2.06. The topological polar surface area (TPSA) is 21.3 Å². The van der Waals surface area contributed by atoms with Crippen molar-refractivity contribution in [3.8, 4) is 11.5 Å². The smallest absolute Gasteiger partial charge is 0.140 e. The van der Waals surface area contributed by atoms with E-state index in [4.69, 9.17) is 4.74 Å². The van der Waals surface area contributed by atoms with E-state index in [0.29, 0.717) is 0 Å². The molecule has 0 aliphatic heterocycles. The van der Waals surface area contributed by atoms with Crippen LogP contribution in [0.5, 0.6) is 11.5 Å². The fraction of sp³-hybridized carbons (Fsp3) is 0.250. The standard InChI is InChI=1S/C16H19NOS/c1-12-8-9-14(13(10-12)11-17-2)18-15-6-4-5-7-16(15)19-3/h4-10,17H,11H2,1-3H3. The van der Waals surface area contributed by atoms with E-state index in [1.807, 2.05) is 31.3 Å². The Morgan fingerprint density at radius 1 is 1.11 bits per heavy atom. The van der Waals surface area contributed by atoms with Crippen molar-refractivity contribution in [2.45, 2.75) is 18.4 Å². The van der Waals surface area contributed by atoms with E-state index in [1.54, 1.807) is 11.8 Å². The third-order valence-corrected chi connectivity index (χ3v) is 3.65. The number of aryl methyl sites for hydroxylation is 1. The number of ether oxygens (including phenoxy) is 1. The van der Waals surface area contributed by atoms with Crippen LogP contribution in [0.4, 0.5) is 0 Å². The summed E-state index contributed by atoms with van der Waals surface area (Å²) in [7, 11) is 1.95. The van der Waals surface area contributed by atoms with Gasteiger partial charge in [0.2, 0.25) is 0 Å². The first-order valence-electron chi connectivity index (χ1n) is 6.29. The van der Waals surface area contributed by atoms with E-state index in [9.17, 15) is 0 Å². The summed E-state index contributed by atoms with van der Waals surface area (Å²) >= 11 is 1.70. The van der Waals surface area contributed by atoms with Crippen molar-refractivity contribution in [3.05, 3.63) is 53.6 Å². The van der Waals surface area contributed by atoms with Crippen LogP contribution in [0.15, 0.2) is 47.4 Å². The van der Waals surface area contributed by atoms with Crippen molar-refractivity contribution < 1.29 is 4.74 Å². The van der Waals surface area contributed by atoms with E-state index in [-0.39, 0.29) is 0 Å². The summed E-state index contributed by atoms with van der Waals surface area (Å²) < 4.78 is 6.08. The lowest BCUT2D eigenvalue weighted by Gasteiger charge is -2.14. The lowest BCUT2D eigenvalue weighted by molar-refractivity contribution is 0.463. The molecule has 0 radical (unpaired) electrons. The van der Waals surface area contributed by atoms with Gasteiger partial charge in [-0.05, 0) is 38.4 Å². The number of rotatable bonds is 5. The molecule has 0 fully saturated rings. The molecule has 2 nitrogen and oxygen atoms in total. The van der Waals surface area contributed by atoms with Gasteiger partial charge in [-0.2, -0.15) is 0 Å². The van der Waals surface area contributed by atoms with Gasteiger partial charge in [0.25, 0.3) is 0 Å². The minimum absolute atomic E-state index is 0.804. The predicted octanol–water partition coefficient (Wildman–Crippen LogP) is 4.23. The molecule has 0 saturated heterocycles. The molecule has 100 valence electrons. The Labute approximate surface area is 119 Å². The van der Waals surface area contributed by atoms with Crippen LogP contribution in [-0.4, -0.2) is 13.3 Å². The van der Waals surface area contributed by atoms with Gasteiger partial charge >= 0.3 is 0 Å². The summed E-state index contributed by atoms with van der Waals surface area (Å²) in [4.78, 5) is 1.15. The fourth-order valence-corrected chi connectivity index (χ4v) is 2.48. The van der Waals surface area contributed by atoms with Crippen LogP contribution < -0.4 is 10.1 Å². The molecule has 0 aliphatic rings. The molecule has 0 bridgehead atoms. The molecule has 0 aromatic heterocycles. The van der Waals surface area contributed by atoms with Gasteiger partial charge in [-0.1, -0.05) is 29.8 Å². The maximum atomic E-state index is 6.08. The molecule has 2 aromatic rings. The van der Waals surface area contributed by atoms with Gasteiger partial charge in [0.05, 0.1) is 0 Å². The number of benzene rings is 2. The van der Waals surface area contributed by atoms with Crippen molar-refractivity contribution in [3.63, 3.8) is 0 Å².